The highest BCUT2D eigenvalue weighted by Gasteiger charge is 2.32. The number of unbranched alkanes of at least 4 members (excludes halogenated alkanes) is 1. The highest BCUT2D eigenvalue weighted by atomic mass is 79.9. The van der Waals surface area contributed by atoms with E-state index in [0.717, 1.165) is 72.2 Å². The summed E-state index contributed by atoms with van der Waals surface area (Å²) in [6.07, 6.45) is 12.7. The topological polar surface area (TPSA) is 104 Å². The van der Waals surface area contributed by atoms with Crippen molar-refractivity contribution in [3.05, 3.63) is 73.2 Å². The number of nitrogens with two attached hydrogens (primary N) is 1. The summed E-state index contributed by atoms with van der Waals surface area (Å²) in [7, 11) is 0. The molecule has 10 heteroatoms. The first-order chi connectivity index (χ1) is 15.5. The van der Waals surface area contributed by atoms with Crippen LogP contribution in [-0.2, 0) is 4.84 Å². The number of azide groups is 1. The van der Waals surface area contributed by atoms with Gasteiger partial charge in [0.15, 0.2) is 0 Å². The monoisotopic (exact) mass is 537 g/mol. The Bertz CT molecular complexity index is 969. The van der Waals surface area contributed by atoms with Crippen LogP contribution in [0.4, 0.5) is 4.79 Å². The fourth-order valence-electron chi connectivity index (χ4n) is 4.28. The van der Waals surface area contributed by atoms with Crippen LogP contribution in [0.5, 0.6) is 0 Å². The number of carbonyl (C=O) groups is 1. The van der Waals surface area contributed by atoms with E-state index in [0.29, 0.717) is 11.8 Å². The van der Waals surface area contributed by atoms with Gasteiger partial charge in [0.1, 0.15) is 5.28 Å². The van der Waals surface area contributed by atoms with E-state index in [2.05, 4.69) is 49.2 Å². The Morgan fingerprint density at radius 2 is 2.19 bits per heavy atom. The third-order valence-electron chi connectivity index (χ3n) is 5.76. The number of hydrogen-bond acceptors (Lipinski definition) is 6. The summed E-state index contributed by atoms with van der Waals surface area (Å²) < 4.78 is 3.06. The Balaban J connectivity index is 1.76. The van der Waals surface area contributed by atoms with E-state index in [1.807, 2.05) is 22.5 Å². The molecular weight excluding hydrogens is 514 g/mol. The maximum atomic E-state index is 11.7. The van der Waals surface area contributed by atoms with Gasteiger partial charge in [-0.2, -0.15) is 0 Å². The molecule has 0 amide bonds. The first-order valence-electron chi connectivity index (χ1n) is 10.4. The van der Waals surface area contributed by atoms with Gasteiger partial charge < -0.3 is 10.6 Å². The number of halogens is 2. The molecule has 32 heavy (non-hydrogen) atoms. The third kappa shape index (κ3) is 6.80. The Kier molecular flexibility index (Phi) is 9.56. The van der Waals surface area contributed by atoms with Gasteiger partial charge in [-0.15, -0.1) is 0 Å². The molecule has 0 bridgehead atoms. The molecule has 2 N–H and O–H groups in total. The molecule has 1 aliphatic heterocycles. The standard InChI is InChI=1S/C22H25BrClN5O2S/c23-21-14-17-12-18(24)5-6-19(17)20(13-16(21)4-2-1-3-9-25)15-7-10-29(11-8-15)32-22(30)31-28-27-26/h3-6,9,12,14-15,20H,1-2,7-8,10-11,13,25H2/b9-3-,16-4+. The van der Waals surface area contributed by atoms with Gasteiger partial charge in [0.05, 0.1) is 0 Å². The van der Waals surface area contributed by atoms with E-state index >= 15 is 0 Å². The highest BCUT2D eigenvalue weighted by molar-refractivity contribution is 9.12. The van der Waals surface area contributed by atoms with Gasteiger partial charge in [0.25, 0.3) is 0 Å². The first kappa shape index (κ1) is 24.7. The summed E-state index contributed by atoms with van der Waals surface area (Å²) in [4.78, 5) is 18.6. The van der Waals surface area contributed by atoms with Crippen LogP contribution in [0.3, 0.4) is 0 Å². The second-order valence-electron chi connectivity index (χ2n) is 7.68. The molecule has 1 aromatic rings. The van der Waals surface area contributed by atoms with E-state index in [4.69, 9.17) is 22.9 Å². The fraction of sp³-hybridized carbons (Fsp3) is 0.409. The fourth-order valence-corrected chi connectivity index (χ4v) is 5.70. The molecule has 1 aromatic carbocycles. The molecule has 0 spiro atoms. The normalized spacial score (nSPS) is 21.0. The van der Waals surface area contributed by atoms with Gasteiger partial charge in [-0.1, -0.05) is 45.7 Å². The molecule has 0 radical (unpaired) electrons. The Labute approximate surface area is 205 Å². The number of hydrogen-bond donors (Lipinski definition) is 1. The lowest BCUT2D eigenvalue weighted by atomic mass is 9.76. The van der Waals surface area contributed by atoms with Gasteiger partial charge in [0.2, 0.25) is 0 Å². The van der Waals surface area contributed by atoms with Gasteiger partial charge in [-0.25, -0.2) is 9.10 Å². The van der Waals surface area contributed by atoms with Gasteiger partial charge in [0, 0.05) is 39.5 Å². The van der Waals surface area contributed by atoms with Crippen molar-refractivity contribution in [3.8, 4) is 0 Å². The number of nitrogens with zero attached hydrogens (tertiary/aromatic N) is 4. The lowest BCUT2D eigenvalue weighted by Crippen LogP contribution is -2.32. The average Bonchev–Trinajstić information content (AvgIpc) is 2.91. The van der Waals surface area contributed by atoms with Crippen molar-refractivity contribution < 1.29 is 9.63 Å². The van der Waals surface area contributed by atoms with Crippen LogP contribution in [0, 0.1) is 5.92 Å². The zero-order valence-corrected chi connectivity index (χ0v) is 20.7. The maximum Gasteiger partial charge on any atom is 0.394 e. The molecule has 3 rings (SSSR count). The predicted octanol–water partition coefficient (Wildman–Crippen LogP) is 7.46. The lowest BCUT2D eigenvalue weighted by molar-refractivity contribution is 0.175. The second-order valence-corrected chi connectivity index (χ2v) is 10.0. The highest BCUT2D eigenvalue weighted by Crippen LogP contribution is 2.45. The number of benzene rings is 1. The Hall–Kier alpha value is -1.90. The quantitative estimate of drug-likeness (QED) is 0.101. The van der Waals surface area contributed by atoms with Gasteiger partial charge in [-0.05, 0) is 90.6 Å². The van der Waals surface area contributed by atoms with Crippen LogP contribution in [0.15, 0.2) is 51.9 Å². The molecule has 1 fully saturated rings. The van der Waals surface area contributed by atoms with Crippen molar-refractivity contribution in [1.82, 2.24) is 4.31 Å². The van der Waals surface area contributed by atoms with E-state index in [9.17, 15) is 4.79 Å². The molecule has 1 saturated heterocycles. The smallest absolute Gasteiger partial charge is 0.394 e. The minimum Gasteiger partial charge on any atom is -0.405 e. The summed E-state index contributed by atoms with van der Waals surface area (Å²) in [5, 5.41) is 2.98. The molecular formula is C22H25BrClN5O2S. The van der Waals surface area contributed by atoms with Crippen LogP contribution in [0.1, 0.15) is 49.1 Å². The maximum absolute atomic E-state index is 11.7. The van der Waals surface area contributed by atoms with Crippen LogP contribution < -0.4 is 5.73 Å². The lowest BCUT2D eigenvalue weighted by Gasteiger charge is -2.35. The number of fused-ring (bicyclic) bond motifs is 1. The predicted molar refractivity (Wildman–Crippen MR) is 134 cm³/mol. The zero-order chi connectivity index (χ0) is 22.9. The van der Waals surface area contributed by atoms with Crippen molar-refractivity contribution in [3.63, 3.8) is 0 Å². The molecule has 1 heterocycles. The van der Waals surface area contributed by atoms with Gasteiger partial charge in [-0.3, -0.25) is 0 Å². The number of rotatable bonds is 6. The van der Waals surface area contributed by atoms with Crippen LogP contribution >= 0.6 is 39.5 Å². The van der Waals surface area contributed by atoms with Gasteiger partial charge >= 0.3 is 5.30 Å². The van der Waals surface area contributed by atoms with Crippen molar-refractivity contribution >= 4 is 50.9 Å². The Morgan fingerprint density at radius 3 is 2.91 bits per heavy atom. The van der Waals surface area contributed by atoms with Crippen LogP contribution in [0.2, 0.25) is 5.02 Å². The Morgan fingerprint density at radius 1 is 1.41 bits per heavy atom. The van der Waals surface area contributed by atoms with E-state index in [1.54, 1.807) is 6.20 Å². The SMILES string of the molecule is [N-]=[N+]=NOC(=O)SN1CCC(C2C/C(=C\CC/C=C\N)C(Br)=Cc3cc(Cl)ccc32)CC1. The largest absolute Gasteiger partial charge is 0.405 e. The molecule has 1 atom stereocenters. The molecule has 170 valence electrons. The summed E-state index contributed by atoms with van der Waals surface area (Å²) in [5.74, 6) is 0.825. The van der Waals surface area contributed by atoms with Crippen molar-refractivity contribution in [1.29, 1.82) is 0 Å². The number of piperidine rings is 1. The summed E-state index contributed by atoms with van der Waals surface area (Å²) >= 11 is 11.1. The van der Waals surface area contributed by atoms with E-state index < -0.39 is 5.30 Å². The van der Waals surface area contributed by atoms with Crippen LogP contribution in [-0.4, -0.2) is 22.7 Å². The van der Waals surface area contributed by atoms with Crippen molar-refractivity contribution in [2.75, 3.05) is 13.1 Å². The number of allylic oxidation sites excluding steroid dienone is 4. The molecule has 1 unspecified atom stereocenters. The summed E-state index contributed by atoms with van der Waals surface area (Å²) in [6, 6.07) is 6.14. The minimum atomic E-state index is -0.611. The molecule has 1 aliphatic carbocycles. The summed E-state index contributed by atoms with van der Waals surface area (Å²) in [6.45, 7) is 1.52. The van der Waals surface area contributed by atoms with E-state index in [-0.39, 0.29) is 0 Å². The first-order valence-corrected chi connectivity index (χ1v) is 12.4. The molecule has 2 aliphatic rings. The molecule has 0 aromatic heterocycles. The van der Waals surface area contributed by atoms with E-state index in [1.165, 1.54) is 11.1 Å². The minimum absolute atomic E-state index is 0.354. The average molecular weight is 539 g/mol. The summed E-state index contributed by atoms with van der Waals surface area (Å²) in [5.41, 5.74) is 17.5. The third-order valence-corrected chi connectivity index (χ3v) is 7.58. The number of carbonyl (C=O) groups excluding carboxylic acids is 1. The van der Waals surface area contributed by atoms with Crippen molar-refractivity contribution in [2.45, 2.75) is 38.0 Å². The van der Waals surface area contributed by atoms with Crippen molar-refractivity contribution in [2.24, 2.45) is 16.9 Å². The second kappa shape index (κ2) is 12.4. The zero-order valence-electron chi connectivity index (χ0n) is 17.5. The van der Waals surface area contributed by atoms with Crippen LogP contribution in [0.25, 0.3) is 16.5 Å². The molecule has 0 saturated carbocycles. The molecule has 7 nitrogen and oxygen atoms in total.